The molecule has 1 fully saturated rings. The van der Waals surface area contributed by atoms with Crippen LogP contribution in [0.5, 0.6) is 0 Å². The summed E-state index contributed by atoms with van der Waals surface area (Å²) in [5, 5.41) is 37.6. The first-order chi connectivity index (χ1) is 35.8. The van der Waals surface area contributed by atoms with Gasteiger partial charge in [0.25, 0.3) is 21.6 Å². The van der Waals surface area contributed by atoms with E-state index in [0.717, 1.165) is 73.8 Å². The molecular weight excluding hydrogens is 1110 g/mol. The van der Waals surface area contributed by atoms with E-state index in [1.54, 1.807) is 23.9 Å². The Hall–Kier alpha value is -6.62. The highest BCUT2D eigenvalue weighted by atomic mass is 35.5. The Labute approximate surface area is 444 Å². The number of carbonyl (C=O) groups is 4. The molecule has 1 saturated heterocycles. The van der Waals surface area contributed by atoms with Crippen molar-refractivity contribution in [3.05, 3.63) is 129 Å². The number of anilines is 2. The number of amides is 1. The first-order valence-electron chi connectivity index (χ1n) is 22.7. The second kappa shape index (κ2) is 29.2. The normalized spacial score (nSPS) is 14.6. The molecule has 0 bridgehead atoms. The highest BCUT2D eigenvalue weighted by Gasteiger charge is 2.39. The van der Waals surface area contributed by atoms with Gasteiger partial charge in [-0.05, 0) is 125 Å². The number of benzene rings is 4. The molecule has 6 rings (SSSR count). The van der Waals surface area contributed by atoms with Gasteiger partial charge in [0, 0.05) is 71.8 Å². The molecule has 1 atom stereocenters. The van der Waals surface area contributed by atoms with Crippen LogP contribution in [0.4, 0.5) is 56.6 Å². The van der Waals surface area contributed by atoms with E-state index in [1.807, 2.05) is 73.6 Å². The lowest BCUT2D eigenvalue weighted by atomic mass is 9.87. The van der Waals surface area contributed by atoms with Gasteiger partial charge < -0.3 is 30.4 Å². The second-order valence-electron chi connectivity index (χ2n) is 16.9. The summed E-state index contributed by atoms with van der Waals surface area (Å²) >= 11 is 7.78. The van der Waals surface area contributed by atoms with E-state index < -0.39 is 57.3 Å². The van der Waals surface area contributed by atoms with Gasteiger partial charge in [-0.2, -0.15) is 39.5 Å². The van der Waals surface area contributed by atoms with Gasteiger partial charge in [-0.1, -0.05) is 47.5 Å². The van der Waals surface area contributed by atoms with Crippen LogP contribution < -0.4 is 14.9 Å². The standard InChI is InChI=1S/C42H49ClN6O5S2.3C2HF3O2/c1-46(2)23-22-35(30-55-37-9-4-3-5-10-37)44-40-21-20-38(28-41(40)49(51)52)56(53,54)45-42(50)32-14-18-36(19-15-32)48-26-24-47(25-27-48)29-33-8-6-7-11-39(33)31-12-16-34(43)17-13-31;3*3-2(4,5)1(6)7/h3-5,9-10,12-21,28,35,44H,6-8,11,22-27,29-30H2,1-2H3,(H,45,50);3*(H,6,7)/t35-;;;/m1.../s1. The van der Waals surface area contributed by atoms with Crippen molar-refractivity contribution >= 4 is 79.8 Å². The van der Waals surface area contributed by atoms with E-state index >= 15 is 0 Å². The number of nitrogens with zero attached hydrogens (tertiary/aromatic N) is 4. The number of allylic oxidation sites excluding steroid dienone is 1. The van der Waals surface area contributed by atoms with E-state index in [2.05, 4.69) is 32.0 Å². The first-order valence-corrected chi connectivity index (χ1v) is 25.5. The van der Waals surface area contributed by atoms with Crippen LogP contribution >= 0.6 is 23.4 Å². The molecule has 1 amide bonds. The highest BCUT2D eigenvalue weighted by Crippen LogP contribution is 2.34. The number of halogens is 10. The Morgan fingerprint density at radius 1 is 0.766 bits per heavy atom. The van der Waals surface area contributed by atoms with Crippen molar-refractivity contribution in [1.29, 1.82) is 0 Å². The van der Waals surface area contributed by atoms with Crippen molar-refractivity contribution in [2.45, 2.75) is 66.5 Å². The number of nitrogens with one attached hydrogen (secondary N) is 2. The zero-order valence-electron chi connectivity index (χ0n) is 40.8. The quantitative estimate of drug-likeness (QED) is 0.0303. The van der Waals surface area contributed by atoms with E-state index in [9.17, 15) is 62.8 Å². The van der Waals surface area contributed by atoms with Crippen molar-refractivity contribution in [3.8, 4) is 0 Å². The minimum atomic E-state index is -5.08. The molecule has 4 aromatic rings. The van der Waals surface area contributed by atoms with Gasteiger partial charge >= 0.3 is 36.4 Å². The number of hydrogen-bond acceptors (Lipinski definition) is 13. The molecule has 0 saturated carbocycles. The Morgan fingerprint density at radius 2 is 1.29 bits per heavy atom. The number of rotatable bonds is 16. The van der Waals surface area contributed by atoms with E-state index in [4.69, 9.17) is 41.3 Å². The number of carboxylic acids is 3. The van der Waals surface area contributed by atoms with Crippen molar-refractivity contribution in [3.63, 3.8) is 0 Å². The monoisotopic (exact) mass is 1160 g/mol. The zero-order valence-corrected chi connectivity index (χ0v) is 43.2. The van der Waals surface area contributed by atoms with Crippen LogP contribution in [0, 0.1) is 10.1 Å². The van der Waals surface area contributed by atoms with Gasteiger partial charge in [-0.15, -0.1) is 11.8 Å². The van der Waals surface area contributed by atoms with Gasteiger partial charge in [-0.3, -0.25) is 19.8 Å². The topological polar surface area (TPSA) is 240 Å². The number of carbonyl (C=O) groups excluding carboxylic acids is 1. The van der Waals surface area contributed by atoms with Crippen molar-refractivity contribution < 1.29 is 87.4 Å². The number of hydrogen-bond donors (Lipinski definition) is 5. The van der Waals surface area contributed by atoms with E-state index in [1.165, 1.54) is 41.7 Å². The predicted molar refractivity (Wildman–Crippen MR) is 269 cm³/mol. The summed E-state index contributed by atoms with van der Waals surface area (Å²) in [5.41, 5.74) is 5.17. The average Bonchev–Trinajstić information content (AvgIpc) is 3.35. The Bertz CT molecular complexity index is 2710. The maximum Gasteiger partial charge on any atom is 0.490 e. The Balaban J connectivity index is 0.000000624. The minimum Gasteiger partial charge on any atom is -0.475 e. The number of nitro benzene ring substituents is 1. The summed E-state index contributed by atoms with van der Waals surface area (Å²) in [6, 6.07) is 28.5. The highest BCUT2D eigenvalue weighted by molar-refractivity contribution is 7.99. The van der Waals surface area contributed by atoms with Crippen LogP contribution in [0.1, 0.15) is 48.0 Å². The molecule has 1 aliphatic heterocycles. The van der Waals surface area contributed by atoms with Crippen LogP contribution in [0.15, 0.2) is 112 Å². The summed E-state index contributed by atoms with van der Waals surface area (Å²) < 4.78 is 124. The van der Waals surface area contributed by atoms with Crippen molar-refractivity contribution in [2.24, 2.45) is 0 Å². The third-order valence-corrected chi connectivity index (χ3v) is 13.7. The Morgan fingerprint density at radius 3 is 1.78 bits per heavy atom. The predicted octanol–water partition coefficient (Wildman–Crippen LogP) is 9.94. The molecule has 422 valence electrons. The molecule has 5 N–H and O–H groups in total. The van der Waals surface area contributed by atoms with Crippen molar-refractivity contribution in [1.82, 2.24) is 14.5 Å². The molecular formula is C48H52ClF9N6O11S2. The van der Waals surface area contributed by atoms with Gasteiger partial charge in [0.2, 0.25) is 0 Å². The molecule has 17 nitrogen and oxygen atoms in total. The molecule has 29 heteroatoms. The number of alkyl halides is 9. The number of aliphatic carboxylic acids is 3. The van der Waals surface area contributed by atoms with Gasteiger partial charge in [0.05, 0.1) is 9.82 Å². The number of carboxylic acid groups (broad SMARTS) is 3. The fourth-order valence-corrected chi connectivity index (χ4v) is 9.25. The van der Waals surface area contributed by atoms with E-state index in [-0.39, 0.29) is 27.9 Å². The fraction of sp³-hybridized carbons (Fsp3) is 0.375. The smallest absolute Gasteiger partial charge is 0.475 e. The van der Waals surface area contributed by atoms with Crippen LogP contribution in [-0.2, 0) is 24.4 Å². The van der Waals surface area contributed by atoms with Crippen LogP contribution in [0.2, 0.25) is 5.02 Å². The number of thioether (sulfide) groups is 1. The average molecular weight is 1160 g/mol. The minimum absolute atomic E-state index is 0.136. The molecule has 0 spiro atoms. The molecule has 0 unspecified atom stereocenters. The molecule has 77 heavy (non-hydrogen) atoms. The second-order valence-corrected chi connectivity index (χ2v) is 20.2. The van der Waals surface area contributed by atoms with Gasteiger partial charge in [-0.25, -0.2) is 27.5 Å². The lowest BCUT2D eigenvalue weighted by Gasteiger charge is -2.37. The molecule has 0 radical (unpaired) electrons. The third kappa shape index (κ3) is 22.5. The van der Waals surface area contributed by atoms with Crippen LogP contribution in [-0.4, -0.2) is 146 Å². The summed E-state index contributed by atoms with van der Waals surface area (Å²) in [5.74, 6) is -8.44. The first kappa shape index (κ1) is 64.7. The van der Waals surface area contributed by atoms with Crippen molar-refractivity contribution in [2.75, 3.05) is 69.3 Å². The summed E-state index contributed by atoms with van der Waals surface area (Å²) in [6.07, 6.45) is -9.92. The SMILES string of the molecule is CN(C)CC[C@H](CSc1ccccc1)Nc1ccc(S(=O)(=O)NC(=O)c2ccc(N3CCN(CC4=C(c5ccc(Cl)cc5)CCCC4)CC3)cc2)cc1[N+](=O)[O-].O=C(O)C(F)(F)F.O=C(O)C(F)(F)F.O=C(O)C(F)(F)F. The third-order valence-electron chi connectivity index (χ3n) is 11.0. The number of nitro groups is 1. The largest absolute Gasteiger partial charge is 0.490 e. The number of sulfonamides is 1. The molecule has 2 aliphatic rings. The lowest BCUT2D eigenvalue weighted by Crippen LogP contribution is -2.47. The molecule has 1 aliphatic carbocycles. The van der Waals surface area contributed by atoms with Crippen LogP contribution in [0.3, 0.4) is 0 Å². The number of piperazine rings is 1. The fourth-order valence-electron chi connectivity index (χ4n) is 7.14. The lowest BCUT2D eigenvalue weighted by molar-refractivity contribution is -0.384. The van der Waals surface area contributed by atoms with E-state index in [0.29, 0.717) is 12.2 Å². The maximum atomic E-state index is 13.4. The Kier molecular flexibility index (Phi) is 24.5. The summed E-state index contributed by atoms with van der Waals surface area (Å²) in [4.78, 5) is 58.9. The van der Waals surface area contributed by atoms with Crippen LogP contribution in [0.25, 0.3) is 5.57 Å². The van der Waals surface area contributed by atoms with Gasteiger partial charge in [0.15, 0.2) is 0 Å². The zero-order chi connectivity index (χ0) is 57.9. The maximum absolute atomic E-state index is 13.4. The molecule has 4 aromatic carbocycles. The molecule has 0 aromatic heterocycles. The molecule has 1 heterocycles. The van der Waals surface area contributed by atoms with Gasteiger partial charge in [0.1, 0.15) is 5.69 Å². The summed E-state index contributed by atoms with van der Waals surface area (Å²) in [6.45, 7) is 5.17. The summed E-state index contributed by atoms with van der Waals surface area (Å²) in [7, 11) is -0.494.